The molecular formula is C36H45N7O3. The number of hydrogen-bond acceptors (Lipinski definition) is 7. The third kappa shape index (κ3) is 6.24. The number of nitrogens with zero attached hydrogens (tertiary/aromatic N) is 4. The molecule has 0 spiro atoms. The van der Waals surface area contributed by atoms with Crippen LogP contribution in [0.5, 0.6) is 5.75 Å². The van der Waals surface area contributed by atoms with Crippen LogP contribution in [0.1, 0.15) is 52.5 Å². The molecule has 10 heteroatoms. The highest BCUT2D eigenvalue weighted by Crippen LogP contribution is 2.40. The van der Waals surface area contributed by atoms with Gasteiger partial charge in [0.2, 0.25) is 11.8 Å². The van der Waals surface area contributed by atoms with Gasteiger partial charge in [0.1, 0.15) is 18.1 Å². The lowest BCUT2D eigenvalue weighted by Crippen LogP contribution is -2.33. The molecule has 0 unspecified atom stereocenters. The van der Waals surface area contributed by atoms with E-state index < -0.39 is 0 Å². The molecule has 0 saturated carbocycles. The lowest BCUT2D eigenvalue weighted by molar-refractivity contribution is -0.119. The average molecular weight is 624 g/mol. The van der Waals surface area contributed by atoms with Crippen LogP contribution in [0.15, 0.2) is 77.3 Å². The molecule has 5 rings (SSSR count). The first-order valence-corrected chi connectivity index (χ1v) is 16.0. The molecule has 1 fully saturated rings. The van der Waals surface area contributed by atoms with Crippen LogP contribution in [0, 0.1) is 0 Å². The van der Waals surface area contributed by atoms with E-state index in [-0.39, 0.29) is 18.4 Å². The van der Waals surface area contributed by atoms with E-state index in [0.29, 0.717) is 29.5 Å². The van der Waals surface area contributed by atoms with Crippen molar-refractivity contribution in [1.29, 1.82) is 0 Å². The van der Waals surface area contributed by atoms with Crippen molar-refractivity contribution in [2.75, 3.05) is 54.2 Å². The highest BCUT2D eigenvalue weighted by Gasteiger charge is 2.27. The molecule has 10 nitrogen and oxygen atoms in total. The molecular weight excluding hydrogens is 578 g/mol. The third-order valence-corrected chi connectivity index (χ3v) is 8.70. The Hall–Kier alpha value is -4.99. The number of likely N-dealkylation sites (N-methyl/N-ethyl adjacent to an activating group) is 2. The van der Waals surface area contributed by atoms with Gasteiger partial charge in [0.15, 0.2) is 0 Å². The van der Waals surface area contributed by atoms with Gasteiger partial charge in [-0.2, -0.15) is 0 Å². The Labute approximate surface area is 271 Å². The van der Waals surface area contributed by atoms with Gasteiger partial charge in [0, 0.05) is 49.9 Å². The number of aliphatic imine (C=N–C) groups is 1. The van der Waals surface area contributed by atoms with Crippen molar-refractivity contribution in [2.45, 2.75) is 53.5 Å². The number of aromatic nitrogens is 1. The third-order valence-electron chi connectivity index (χ3n) is 8.70. The zero-order valence-corrected chi connectivity index (χ0v) is 27.8. The van der Waals surface area contributed by atoms with Crippen LogP contribution in [0.25, 0.3) is 10.9 Å². The monoisotopic (exact) mass is 623 g/mol. The van der Waals surface area contributed by atoms with Gasteiger partial charge in [0.25, 0.3) is 0 Å². The number of carbonyl (C=O) groups is 2. The van der Waals surface area contributed by atoms with Crippen molar-refractivity contribution in [1.82, 2.24) is 9.88 Å². The Morgan fingerprint density at radius 3 is 2.52 bits per heavy atom. The fourth-order valence-corrected chi connectivity index (χ4v) is 6.07. The summed E-state index contributed by atoms with van der Waals surface area (Å²) in [7, 11) is 3.47. The number of anilines is 4. The molecule has 1 aromatic heterocycles. The lowest BCUT2D eigenvalue weighted by Gasteiger charge is -2.24. The highest BCUT2D eigenvalue weighted by molar-refractivity contribution is 6.21. The zero-order chi connectivity index (χ0) is 33.0. The molecule has 46 heavy (non-hydrogen) atoms. The number of para-hydroxylation sites is 1. The van der Waals surface area contributed by atoms with Crippen molar-refractivity contribution >= 4 is 51.2 Å². The normalized spacial score (nSPS) is 15.7. The second-order valence-electron chi connectivity index (χ2n) is 11.6. The average Bonchev–Trinajstić information content (AvgIpc) is 3.73. The van der Waals surface area contributed by atoms with E-state index in [1.807, 2.05) is 55.1 Å². The standard InChI is InChI=1S/C36H45N7O3/c1-8-23(5)36(39-28-19-27(38-32(44)10-3)30(20-31(28)46-7)42-17-12-13-18-42)40-34(26(9-2)37-11-4)25-21-43-22-33(45)41(6)29-16-14-15-24(25)35(29)43/h9-10,14-16,19-21,37,39H,3,8,11-13,17-18,22H2,1-2,4-7H3,(H,38,44)/b26-9+,36-23?,40-34-. The van der Waals surface area contributed by atoms with Gasteiger partial charge in [-0.1, -0.05) is 31.7 Å². The molecule has 0 aliphatic carbocycles. The Bertz CT molecular complexity index is 1760. The van der Waals surface area contributed by atoms with Crippen molar-refractivity contribution in [3.63, 3.8) is 0 Å². The quantitative estimate of drug-likeness (QED) is 0.159. The van der Waals surface area contributed by atoms with Crippen molar-refractivity contribution in [3.8, 4) is 5.75 Å². The largest absolute Gasteiger partial charge is 0.494 e. The molecule has 3 heterocycles. The Morgan fingerprint density at radius 2 is 1.87 bits per heavy atom. The number of nitrogens with one attached hydrogen (secondary N) is 3. The van der Waals surface area contributed by atoms with E-state index in [1.165, 1.54) is 6.08 Å². The van der Waals surface area contributed by atoms with E-state index >= 15 is 0 Å². The van der Waals surface area contributed by atoms with Crippen LogP contribution >= 0.6 is 0 Å². The molecule has 0 radical (unpaired) electrons. The van der Waals surface area contributed by atoms with Crippen LogP contribution in [-0.2, 0) is 16.1 Å². The molecule has 2 amide bonds. The summed E-state index contributed by atoms with van der Waals surface area (Å²) < 4.78 is 7.93. The second-order valence-corrected chi connectivity index (χ2v) is 11.6. The summed E-state index contributed by atoms with van der Waals surface area (Å²) in [6.45, 7) is 14.6. The molecule has 2 aliphatic rings. The fourth-order valence-electron chi connectivity index (χ4n) is 6.07. The minimum Gasteiger partial charge on any atom is -0.494 e. The van der Waals surface area contributed by atoms with Gasteiger partial charge in [0.05, 0.1) is 46.8 Å². The number of rotatable bonds is 12. The number of hydrogen-bond donors (Lipinski definition) is 3. The van der Waals surface area contributed by atoms with Gasteiger partial charge in [-0.25, -0.2) is 4.99 Å². The second kappa shape index (κ2) is 14.0. The highest BCUT2D eigenvalue weighted by atomic mass is 16.5. The van der Waals surface area contributed by atoms with Crippen LogP contribution in [-0.4, -0.2) is 55.9 Å². The minimum atomic E-state index is -0.280. The summed E-state index contributed by atoms with van der Waals surface area (Å²) in [5.41, 5.74) is 7.74. The number of carbonyl (C=O) groups excluding carboxylic acids is 2. The van der Waals surface area contributed by atoms with E-state index in [1.54, 1.807) is 12.0 Å². The minimum absolute atomic E-state index is 0.0338. The number of amides is 2. The molecule has 3 aromatic rings. The first kappa shape index (κ1) is 32.4. The zero-order valence-electron chi connectivity index (χ0n) is 27.8. The molecule has 2 aromatic carbocycles. The summed E-state index contributed by atoms with van der Waals surface area (Å²) >= 11 is 0. The Morgan fingerprint density at radius 1 is 1.11 bits per heavy atom. The Kier molecular flexibility index (Phi) is 9.84. The van der Waals surface area contributed by atoms with Crippen LogP contribution in [0.4, 0.5) is 22.7 Å². The maximum absolute atomic E-state index is 12.8. The van der Waals surface area contributed by atoms with E-state index in [4.69, 9.17) is 9.73 Å². The summed E-state index contributed by atoms with van der Waals surface area (Å²) in [6, 6.07) is 9.94. The van der Waals surface area contributed by atoms with Gasteiger partial charge >= 0.3 is 0 Å². The Balaban J connectivity index is 1.68. The topological polar surface area (TPSA) is 103 Å². The maximum Gasteiger partial charge on any atom is 0.247 e. The molecule has 3 N–H and O–H groups in total. The molecule has 2 aliphatic heterocycles. The number of methoxy groups -OCH3 is 1. The summed E-state index contributed by atoms with van der Waals surface area (Å²) in [4.78, 5) is 34.7. The van der Waals surface area contributed by atoms with Gasteiger partial charge in [-0.3, -0.25) is 9.59 Å². The molecule has 1 saturated heterocycles. The first-order valence-electron chi connectivity index (χ1n) is 16.0. The van der Waals surface area contributed by atoms with Crippen LogP contribution < -0.4 is 30.5 Å². The van der Waals surface area contributed by atoms with Crippen molar-refractivity contribution < 1.29 is 14.3 Å². The molecule has 0 bridgehead atoms. The predicted molar refractivity (Wildman–Crippen MR) is 189 cm³/mol. The van der Waals surface area contributed by atoms with E-state index in [0.717, 1.165) is 77.2 Å². The summed E-state index contributed by atoms with van der Waals surface area (Å²) in [5.74, 6) is 1.07. The summed E-state index contributed by atoms with van der Waals surface area (Å²) in [6.07, 6.45) is 8.28. The van der Waals surface area contributed by atoms with Crippen LogP contribution in [0.3, 0.4) is 0 Å². The summed E-state index contributed by atoms with van der Waals surface area (Å²) in [5, 5.41) is 11.1. The van der Waals surface area contributed by atoms with E-state index in [9.17, 15) is 9.59 Å². The van der Waals surface area contributed by atoms with Crippen molar-refractivity contribution in [3.05, 3.63) is 77.9 Å². The number of benzene rings is 2. The number of allylic oxidation sites excluding steroid dienone is 3. The number of ether oxygens (including phenoxy) is 1. The van der Waals surface area contributed by atoms with Crippen LogP contribution in [0.2, 0.25) is 0 Å². The smallest absolute Gasteiger partial charge is 0.247 e. The van der Waals surface area contributed by atoms with Gasteiger partial charge in [-0.15, -0.1) is 0 Å². The fraction of sp³-hybridized carbons (Fsp3) is 0.361. The van der Waals surface area contributed by atoms with Gasteiger partial charge in [-0.05, 0) is 63.8 Å². The SMILES string of the molecule is C=CC(=O)Nc1cc(NC(/N=C(\C(=C/C)NCC)c2cn3c4c(cccc24)N(C)C(=O)C3)=C(C)CC)c(OC)cc1N1CCCC1. The molecule has 242 valence electrons. The molecule has 0 atom stereocenters. The lowest BCUT2D eigenvalue weighted by atomic mass is 10.0. The maximum atomic E-state index is 12.8. The first-order chi connectivity index (χ1) is 22.2. The van der Waals surface area contributed by atoms with Gasteiger partial charge < -0.3 is 35.1 Å². The van der Waals surface area contributed by atoms with E-state index in [2.05, 4.69) is 54.3 Å². The predicted octanol–water partition coefficient (Wildman–Crippen LogP) is 6.41. The van der Waals surface area contributed by atoms with Crippen molar-refractivity contribution in [2.24, 2.45) is 4.99 Å².